The Bertz CT molecular complexity index is 1120. The number of nitrogens with zero attached hydrogens (tertiary/aromatic N) is 2. The summed E-state index contributed by atoms with van der Waals surface area (Å²) in [5.41, 5.74) is 2.59. The molecule has 0 atom stereocenters. The van der Waals surface area contributed by atoms with Crippen molar-refractivity contribution in [1.82, 2.24) is 10.3 Å². The molecule has 1 N–H and O–H groups in total. The summed E-state index contributed by atoms with van der Waals surface area (Å²) < 4.78 is 1.04. The lowest BCUT2D eigenvalue weighted by molar-refractivity contribution is -0.125. The number of Topliss-reactive ketones (excluding diaryl/α,β-unsaturated/α-hetero) is 1. The smallest absolute Gasteiger partial charge is 0.227 e. The third kappa shape index (κ3) is 5.18. The fraction of sp³-hybridized carbons (Fsp3) is 0.360. The van der Waals surface area contributed by atoms with Crippen molar-refractivity contribution in [2.24, 2.45) is 5.41 Å². The molecule has 0 aliphatic heterocycles. The molecule has 1 aliphatic carbocycles. The molecule has 6 heteroatoms. The molecule has 0 saturated heterocycles. The number of fused-ring (bicyclic) bond motifs is 1. The van der Waals surface area contributed by atoms with Crippen LogP contribution in [0.25, 0.3) is 21.3 Å². The molecule has 0 spiro atoms. The van der Waals surface area contributed by atoms with Crippen molar-refractivity contribution in [2.45, 2.75) is 44.9 Å². The minimum atomic E-state index is -0.538. The standard InChI is InChI=1S/C25H25N3O2S/c26-17-25(11-5-2-6-12-25)15-20(29)16-27-23(30)14-24-28-21-10-9-19(13-22(21)31-24)18-7-3-1-4-8-18/h1,3-4,7-10,13H,2,5-6,11-12,14-16H2,(H,27,30). The first-order valence-corrected chi connectivity index (χ1v) is 11.5. The van der Waals surface area contributed by atoms with Gasteiger partial charge >= 0.3 is 0 Å². The summed E-state index contributed by atoms with van der Waals surface area (Å²) in [6, 6.07) is 18.6. The zero-order chi connectivity index (χ0) is 21.7. The van der Waals surface area contributed by atoms with Gasteiger partial charge in [-0.3, -0.25) is 9.59 Å². The van der Waals surface area contributed by atoms with E-state index in [2.05, 4.69) is 34.6 Å². The molecule has 1 aromatic heterocycles. The Morgan fingerprint density at radius 3 is 2.58 bits per heavy atom. The Morgan fingerprint density at radius 2 is 1.84 bits per heavy atom. The second-order valence-electron chi connectivity index (χ2n) is 8.28. The lowest BCUT2D eigenvalue weighted by Gasteiger charge is -2.29. The van der Waals surface area contributed by atoms with Crippen molar-refractivity contribution in [2.75, 3.05) is 6.54 Å². The van der Waals surface area contributed by atoms with Crippen molar-refractivity contribution in [1.29, 1.82) is 5.26 Å². The van der Waals surface area contributed by atoms with E-state index in [-0.39, 0.29) is 31.1 Å². The number of aromatic nitrogens is 1. The van der Waals surface area contributed by atoms with Crippen LogP contribution in [0, 0.1) is 16.7 Å². The maximum absolute atomic E-state index is 12.4. The third-order valence-corrected chi connectivity index (χ3v) is 6.94. The second-order valence-corrected chi connectivity index (χ2v) is 9.39. The molecule has 1 aliphatic rings. The van der Waals surface area contributed by atoms with Crippen LogP contribution in [0.5, 0.6) is 0 Å². The van der Waals surface area contributed by atoms with Gasteiger partial charge in [0.25, 0.3) is 0 Å². The van der Waals surface area contributed by atoms with Gasteiger partial charge in [0.2, 0.25) is 5.91 Å². The number of carbonyl (C=O) groups is 2. The third-order valence-electron chi connectivity index (χ3n) is 5.92. The topological polar surface area (TPSA) is 82.9 Å². The van der Waals surface area contributed by atoms with Crippen LogP contribution in [0.2, 0.25) is 0 Å². The number of nitrogens with one attached hydrogen (secondary N) is 1. The van der Waals surface area contributed by atoms with E-state index in [9.17, 15) is 14.9 Å². The molecule has 0 bridgehead atoms. The molecule has 158 valence electrons. The first-order chi connectivity index (χ1) is 15.1. The van der Waals surface area contributed by atoms with E-state index < -0.39 is 5.41 Å². The Hall–Kier alpha value is -3.04. The van der Waals surface area contributed by atoms with E-state index in [4.69, 9.17) is 0 Å². The van der Waals surface area contributed by atoms with Crippen molar-refractivity contribution in [3.8, 4) is 17.2 Å². The summed E-state index contributed by atoms with van der Waals surface area (Å²) in [5, 5.41) is 13.0. The Balaban J connectivity index is 1.34. The van der Waals surface area contributed by atoms with E-state index in [1.165, 1.54) is 11.3 Å². The quantitative estimate of drug-likeness (QED) is 0.567. The number of carbonyl (C=O) groups excluding carboxylic acids is 2. The predicted octanol–water partition coefficient (Wildman–Crippen LogP) is 5.06. The van der Waals surface area contributed by atoms with Gasteiger partial charge in [-0.1, -0.05) is 55.7 Å². The molecule has 4 rings (SSSR count). The van der Waals surface area contributed by atoms with Crippen LogP contribution in [0.3, 0.4) is 0 Å². The minimum Gasteiger partial charge on any atom is -0.349 e. The van der Waals surface area contributed by atoms with Crippen LogP contribution in [0.4, 0.5) is 0 Å². The van der Waals surface area contributed by atoms with E-state index in [0.717, 1.165) is 58.5 Å². The molecule has 1 saturated carbocycles. The molecule has 5 nitrogen and oxygen atoms in total. The molecular weight excluding hydrogens is 406 g/mol. The summed E-state index contributed by atoms with van der Waals surface area (Å²) in [4.78, 5) is 29.3. The SMILES string of the molecule is N#CC1(CC(=O)CNC(=O)Cc2nc3ccc(-c4ccccc4)cc3s2)CCCCC1. The maximum Gasteiger partial charge on any atom is 0.227 e. The van der Waals surface area contributed by atoms with E-state index in [1.807, 2.05) is 30.3 Å². The molecule has 31 heavy (non-hydrogen) atoms. The second kappa shape index (κ2) is 9.40. The summed E-state index contributed by atoms with van der Waals surface area (Å²) in [7, 11) is 0. The highest BCUT2D eigenvalue weighted by Crippen LogP contribution is 2.38. The minimum absolute atomic E-state index is 0.0225. The van der Waals surface area contributed by atoms with Crippen LogP contribution in [0.15, 0.2) is 48.5 Å². The largest absolute Gasteiger partial charge is 0.349 e. The van der Waals surface area contributed by atoms with Gasteiger partial charge in [-0.15, -0.1) is 11.3 Å². The Labute approximate surface area is 186 Å². The van der Waals surface area contributed by atoms with E-state index >= 15 is 0 Å². The lowest BCUT2D eigenvalue weighted by atomic mass is 9.72. The van der Waals surface area contributed by atoms with Crippen molar-refractivity contribution >= 4 is 33.2 Å². The molecule has 0 radical (unpaired) electrons. The summed E-state index contributed by atoms with van der Waals surface area (Å²) >= 11 is 1.50. The number of hydrogen-bond acceptors (Lipinski definition) is 5. The molecule has 1 fully saturated rings. The van der Waals surface area contributed by atoms with Gasteiger partial charge in [0, 0.05) is 6.42 Å². The van der Waals surface area contributed by atoms with Crippen LogP contribution in [-0.4, -0.2) is 23.2 Å². The first kappa shape index (κ1) is 21.2. The van der Waals surface area contributed by atoms with Crippen LogP contribution < -0.4 is 5.32 Å². The van der Waals surface area contributed by atoms with Crippen LogP contribution in [-0.2, 0) is 16.0 Å². The van der Waals surface area contributed by atoms with Crippen molar-refractivity contribution in [3.05, 3.63) is 53.5 Å². The summed E-state index contributed by atoms with van der Waals surface area (Å²) in [6.45, 7) is -0.0225. The number of benzene rings is 2. The van der Waals surface area contributed by atoms with Gasteiger partial charge in [0.05, 0.1) is 34.7 Å². The number of amides is 1. The lowest BCUT2D eigenvalue weighted by Crippen LogP contribution is -2.34. The highest BCUT2D eigenvalue weighted by Gasteiger charge is 2.34. The van der Waals surface area contributed by atoms with E-state index in [0.29, 0.717) is 0 Å². The van der Waals surface area contributed by atoms with Crippen LogP contribution >= 0.6 is 11.3 Å². The molecule has 1 amide bonds. The Morgan fingerprint density at radius 1 is 1.06 bits per heavy atom. The normalized spacial score (nSPS) is 15.3. The highest BCUT2D eigenvalue weighted by molar-refractivity contribution is 7.18. The average molecular weight is 432 g/mol. The average Bonchev–Trinajstić information content (AvgIpc) is 3.20. The number of thiazole rings is 1. The van der Waals surface area contributed by atoms with Crippen molar-refractivity contribution < 1.29 is 9.59 Å². The fourth-order valence-corrected chi connectivity index (χ4v) is 5.26. The summed E-state index contributed by atoms with van der Waals surface area (Å²) in [6.07, 6.45) is 5.06. The zero-order valence-corrected chi connectivity index (χ0v) is 18.2. The molecule has 2 aromatic carbocycles. The number of nitriles is 1. The van der Waals surface area contributed by atoms with Gasteiger partial charge in [0.15, 0.2) is 5.78 Å². The number of ketones is 1. The maximum atomic E-state index is 12.4. The van der Waals surface area contributed by atoms with Gasteiger partial charge in [-0.25, -0.2) is 4.98 Å². The molecule has 1 heterocycles. The van der Waals surface area contributed by atoms with Crippen LogP contribution in [0.1, 0.15) is 43.5 Å². The number of hydrogen-bond donors (Lipinski definition) is 1. The van der Waals surface area contributed by atoms with Gasteiger partial charge in [0.1, 0.15) is 5.01 Å². The van der Waals surface area contributed by atoms with Gasteiger partial charge in [-0.05, 0) is 36.1 Å². The highest BCUT2D eigenvalue weighted by atomic mass is 32.1. The Kier molecular flexibility index (Phi) is 6.43. The summed E-state index contributed by atoms with van der Waals surface area (Å²) in [5.74, 6) is -0.293. The van der Waals surface area contributed by atoms with Gasteiger partial charge in [-0.2, -0.15) is 5.26 Å². The predicted molar refractivity (Wildman–Crippen MR) is 123 cm³/mol. The molecular formula is C25H25N3O2S. The van der Waals surface area contributed by atoms with Crippen molar-refractivity contribution in [3.63, 3.8) is 0 Å². The molecule has 0 unspecified atom stereocenters. The first-order valence-electron chi connectivity index (χ1n) is 10.7. The zero-order valence-electron chi connectivity index (χ0n) is 17.4. The van der Waals surface area contributed by atoms with Gasteiger partial charge < -0.3 is 5.32 Å². The van der Waals surface area contributed by atoms with E-state index in [1.54, 1.807) is 0 Å². The monoisotopic (exact) mass is 431 g/mol. The fourth-order valence-electron chi connectivity index (χ4n) is 4.25. The number of rotatable bonds is 7. The molecule has 3 aromatic rings.